The highest BCUT2D eigenvalue weighted by Gasteiger charge is 2.24. The second-order valence-electron chi connectivity index (χ2n) is 7.63. The van der Waals surface area contributed by atoms with Gasteiger partial charge in [-0.25, -0.2) is 8.42 Å². The fourth-order valence-corrected chi connectivity index (χ4v) is 3.71. The third kappa shape index (κ3) is 6.53. The van der Waals surface area contributed by atoms with Crippen LogP contribution in [0.1, 0.15) is 49.0 Å². The number of piperidine rings is 1. The highest BCUT2D eigenvalue weighted by atomic mass is 32.2. The van der Waals surface area contributed by atoms with Crippen molar-refractivity contribution in [1.29, 1.82) is 0 Å². The Bertz CT molecular complexity index is 797. The molecule has 0 atom stereocenters. The summed E-state index contributed by atoms with van der Waals surface area (Å²) >= 11 is 0. The SMILES string of the molecule is Cc1ccc(C(=O)NC2CCN(C(=O)CC(C)C)CC2)cc1NS(C)(=O)=O. The van der Waals surface area contributed by atoms with Gasteiger partial charge in [0.05, 0.1) is 11.9 Å². The monoisotopic (exact) mass is 395 g/mol. The molecule has 0 unspecified atom stereocenters. The Morgan fingerprint density at radius 1 is 1.22 bits per heavy atom. The van der Waals surface area contributed by atoms with Crippen LogP contribution in [-0.2, 0) is 14.8 Å². The number of carbonyl (C=O) groups excluding carboxylic acids is 2. The number of anilines is 1. The van der Waals surface area contributed by atoms with Gasteiger partial charge in [0.1, 0.15) is 0 Å². The molecular formula is C19H29N3O4S. The summed E-state index contributed by atoms with van der Waals surface area (Å²) in [4.78, 5) is 26.5. The summed E-state index contributed by atoms with van der Waals surface area (Å²) in [6, 6.07) is 4.95. The molecule has 2 N–H and O–H groups in total. The minimum Gasteiger partial charge on any atom is -0.349 e. The average Bonchev–Trinajstić information content (AvgIpc) is 2.55. The van der Waals surface area contributed by atoms with Crippen LogP contribution in [-0.4, -0.2) is 50.5 Å². The zero-order valence-electron chi connectivity index (χ0n) is 16.4. The number of hydrogen-bond acceptors (Lipinski definition) is 4. The van der Waals surface area contributed by atoms with Crippen molar-refractivity contribution in [3.8, 4) is 0 Å². The third-order valence-corrected chi connectivity index (χ3v) is 5.15. The summed E-state index contributed by atoms with van der Waals surface area (Å²) in [7, 11) is -3.41. The van der Waals surface area contributed by atoms with Crippen LogP contribution in [0.2, 0.25) is 0 Å². The van der Waals surface area contributed by atoms with Gasteiger partial charge < -0.3 is 10.2 Å². The van der Waals surface area contributed by atoms with Crippen LogP contribution in [0, 0.1) is 12.8 Å². The van der Waals surface area contributed by atoms with Crippen molar-refractivity contribution in [2.75, 3.05) is 24.1 Å². The van der Waals surface area contributed by atoms with Gasteiger partial charge in [-0.15, -0.1) is 0 Å². The molecule has 150 valence electrons. The largest absolute Gasteiger partial charge is 0.349 e. The smallest absolute Gasteiger partial charge is 0.251 e. The highest BCUT2D eigenvalue weighted by Crippen LogP contribution is 2.19. The normalized spacial score (nSPS) is 15.7. The van der Waals surface area contributed by atoms with Gasteiger partial charge >= 0.3 is 0 Å². The van der Waals surface area contributed by atoms with E-state index in [0.29, 0.717) is 36.7 Å². The van der Waals surface area contributed by atoms with Crippen molar-refractivity contribution < 1.29 is 18.0 Å². The van der Waals surface area contributed by atoms with E-state index in [4.69, 9.17) is 0 Å². The van der Waals surface area contributed by atoms with E-state index in [-0.39, 0.29) is 17.9 Å². The molecular weight excluding hydrogens is 366 g/mol. The molecule has 1 aliphatic rings. The van der Waals surface area contributed by atoms with Crippen LogP contribution < -0.4 is 10.0 Å². The highest BCUT2D eigenvalue weighted by molar-refractivity contribution is 7.92. The first-order chi connectivity index (χ1) is 12.5. The van der Waals surface area contributed by atoms with Crippen LogP contribution in [0.4, 0.5) is 5.69 Å². The number of rotatable bonds is 6. The fraction of sp³-hybridized carbons (Fsp3) is 0.579. The lowest BCUT2D eigenvalue weighted by Crippen LogP contribution is -2.46. The molecule has 0 saturated carbocycles. The number of benzene rings is 1. The van der Waals surface area contributed by atoms with Crippen LogP contribution >= 0.6 is 0 Å². The Kier molecular flexibility index (Phi) is 6.86. The van der Waals surface area contributed by atoms with Gasteiger partial charge in [0.2, 0.25) is 15.9 Å². The summed E-state index contributed by atoms with van der Waals surface area (Å²) in [5.41, 5.74) is 1.55. The maximum Gasteiger partial charge on any atom is 0.251 e. The first kappa shape index (κ1) is 21.2. The Hall–Kier alpha value is -2.09. The van der Waals surface area contributed by atoms with Gasteiger partial charge in [-0.05, 0) is 43.4 Å². The standard InChI is InChI=1S/C19H29N3O4S/c1-13(2)11-18(23)22-9-7-16(8-10-22)20-19(24)15-6-5-14(3)17(12-15)21-27(4,25)26/h5-6,12-13,16,21H,7-11H2,1-4H3,(H,20,24). The Morgan fingerprint density at radius 3 is 2.41 bits per heavy atom. The molecule has 2 rings (SSSR count). The molecule has 1 aromatic carbocycles. The van der Waals surface area contributed by atoms with E-state index in [9.17, 15) is 18.0 Å². The molecule has 1 saturated heterocycles. The summed E-state index contributed by atoms with van der Waals surface area (Å²) in [6.07, 6.45) is 3.07. The quantitative estimate of drug-likeness (QED) is 0.771. The van der Waals surface area contributed by atoms with E-state index in [0.717, 1.165) is 24.7 Å². The van der Waals surface area contributed by atoms with Gasteiger partial charge in [-0.2, -0.15) is 0 Å². The summed E-state index contributed by atoms with van der Waals surface area (Å²) in [5.74, 6) is 0.273. The Balaban J connectivity index is 1.95. The molecule has 1 heterocycles. The third-order valence-electron chi connectivity index (χ3n) is 4.56. The molecule has 0 aromatic heterocycles. The number of likely N-dealkylation sites (tertiary alicyclic amines) is 1. The minimum absolute atomic E-state index is 0.00761. The van der Waals surface area contributed by atoms with Crippen molar-refractivity contribution in [3.63, 3.8) is 0 Å². The van der Waals surface area contributed by atoms with Gasteiger partial charge in [-0.1, -0.05) is 19.9 Å². The van der Waals surface area contributed by atoms with E-state index in [1.54, 1.807) is 25.1 Å². The van der Waals surface area contributed by atoms with E-state index < -0.39 is 10.0 Å². The van der Waals surface area contributed by atoms with Crippen LogP contribution in [0.25, 0.3) is 0 Å². The molecule has 7 nitrogen and oxygen atoms in total. The van der Waals surface area contributed by atoms with E-state index in [2.05, 4.69) is 10.0 Å². The second-order valence-corrected chi connectivity index (χ2v) is 9.38. The molecule has 27 heavy (non-hydrogen) atoms. The molecule has 0 spiro atoms. The van der Waals surface area contributed by atoms with Gasteiger partial charge in [0, 0.05) is 31.1 Å². The number of amides is 2. The van der Waals surface area contributed by atoms with Crippen LogP contribution in [0.5, 0.6) is 0 Å². The first-order valence-electron chi connectivity index (χ1n) is 9.22. The number of hydrogen-bond donors (Lipinski definition) is 2. The molecule has 8 heteroatoms. The summed E-state index contributed by atoms with van der Waals surface area (Å²) < 4.78 is 25.3. The molecule has 1 aromatic rings. The number of nitrogens with one attached hydrogen (secondary N) is 2. The Labute approximate surface area is 161 Å². The fourth-order valence-electron chi connectivity index (χ4n) is 3.09. The lowest BCUT2D eigenvalue weighted by Gasteiger charge is -2.33. The average molecular weight is 396 g/mol. The topological polar surface area (TPSA) is 95.6 Å². The molecule has 0 aliphatic carbocycles. The van der Waals surface area contributed by atoms with Crippen LogP contribution in [0.3, 0.4) is 0 Å². The predicted octanol–water partition coefficient (Wildman–Crippen LogP) is 2.13. The van der Waals surface area contributed by atoms with Crippen LogP contribution in [0.15, 0.2) is 18.2 Å². The number of carbonyl (C=O) groups is 2. The number of aryl methyl sites for hydroxylation is 1. The zero-order chi connectivity index (χ0) is 20.2. The van der Waals surface area contributed by atoms with E-state index in [1.165, 1.54) is 0 Å². The lowest BCUT2D eigenvalue weighted by molar-refractivity contribution is -0.133. The van der Waals surface area contributed by atoms with Crippen molar-refractivity contribution in [3.05, 3.63) is 29.3 Å². The Morgan fingerprint density at radius 2 is 1.85 bits per heavy atom. The van der Waals surface area contributed by atoms with Gasteiger partial charge in [0.15, 0.2) is 0 Å². The van der Waals surface area contributed by atoms with Crippen molar-refractivity contribution in [1.82, 2.24) is 10.2 Å². The second kappa shape index (κ2) is 8.73. The summed E-state index contributed by atoms with van der Waals surface area (Å²) in [6.45, 7) is 7.12. The minimum atomic E-state index is -3.41. The molecule has 0 radical (unpaired) electrons. The van der Waals surface area contributed by atoms with Crippen molar-refractivity contribution >= 4 is 27.5 Å². The molecule has 0 bridgehead atoms. The predicted molar refractivity (Wildman–Crippen MR) is 106 cm³/mol. The number of nitrogens with zero attached hydrogens (tertiary/aromatic N) is 1. The zero-order valence-corrected chi connectivity index (χ0v) is 17.2. The maximum atomic E-state index is 12.5. The maximum absolute atomic E-state index is 12.5. The van der Waals surface area contributed by atoms with Crippen molar-refractivity contribution in [2.24, 2.45) is 5.92 Å². The van der Waals surface area contributed by atoms with Gasteiger partial charge in [-0.3, -0.25) is 14.3 Å². The summed E-state index contributed by atoms with van der Waals surface area (Å²) in [5, 5.41) is 2.99. The van der Waals surface area contributed by atoms with E-state index >= 15 is 0 Å². The first-order valence-corrected chi connectivity index (χ1v) is 11.1. The number of sulfonamides is 1. The molecule has 1 fully saturated rings. The lowest BCUT2D eigenvalue weighted by atomic mass is 10.0. The molecule has 1 aliphatic heterocycles. The van der Waals surface area contributed by atoms with Gasteiger partial charge in [0.25, 0.3) is 5.91 Å². The molecule has 2 amide bonds. The van der Waals surface area contributed by atoms with E-state index in [1.807, 2.05) is 18.7 Å². The van der Waals surface area contributed by atoms with Crippen molar-refractivity contribution in [2.45, 2.75) is 46.1 Å².